The average Bonchev–Trinajstić information content (AvgIpc) is 2.10. The van der Waals surface area contributed by atoms with Crippen LogP contribution in [0.1, 0.15) is 13.3 Å². The molecule has 0 unspecified atom stereocenters. The van der Waals surface area contributed by atoms with Gasteiger partial charge in [0.15, 0.2) is 0 Å². The van der Waals surface area contributed by atoms with Crippen molar-refractivity contribution in [1.82, 2.24) is 0 Å². The van der Waals surface area contributed by atoms with E-state index in [4.69, 9.17) is 10.2 Å². The average molecular weight is 164 g/mol. The first-order chi connectivity index (χ1) is 5.81. The third kappa shape index (κ3) is 6.89. The molecule has 0 saturated carbocycles. The fourth-order valence-electron chi connectivity index (χ4n) is 0.411. The van der Waals surface area contributed by atoms with Gasteiger partial charge in [0.25, 0.3) is 0 Å². The Kier molecular flexibility index (Phi) is 7.08. The summed E-state index contributed by atoms with van der Waals surface area (Å²) >= 11 is 0. The predicted molar refractivity (Wildman–Crippen MR) is 48.1 cm³/mol. The second kappa shape index (κ2) is 7.88. The largest absolute Gasteiger partial charge is 0.392 e. The van der Waals surface area contributed by atoms with Crippen LogP contribution in [0.15, 0.2) is 12.2 Å². The van der Waals surface area contributed by atoms with Crippen molar-refractivity contribution in [2.45, 2.75) is 19.4 Å². The van der Waals surface area contributed by atoms with Crippen molar-refractivity contribution in [2.75, 3.05) is 6.61 Å². The molecule has 0 aromatic carbocycles. The molecule has 0 aliphatic carbocycles. The predicted octanol–water partition coefficient (Wildman–Crippen LogP) is 0.313. The third-order valence-electron chi connectivity index (χ3n) is 1.07. The van der Waals surface area contributed by atoms with Gasteiger partial charge in [0.1, 0.15) is 6.10 Å². The van der Waals surface area contributed by atoms with E-state index in [1.54, 1.807) is 0 Å². The van der Waals surface area contributed by atoms with Crippen molar-refractivity contribution in [3.63, 3.8) is 0 Å². The van der Waals surface area contributed by atoms with E-state index >= 15 is 0 Å². The van der Waals surface area contributed by atoms with E-state index in [0.29, 0.717) is 6.42 Å². The first-order valence-electron chi connectivity index (χ1n) is 3.76. The standard InChI is InChI=1S/C10H12O2/c1-2-10(12)8-6-4-3-5-7-9-11/h5,7,10-12H,2,9H2,1H3/b7-5+/t10-/m1/s1. The summed E-state index contributed by atoms with van der Waals surface area (Å²) in [6.45, 7) is 1.83. The summed E-state index contributed by atoms with van der Waals surface area (Å²) in [4.78, 5) is 0. The van der Waals surface area contributed by atoms with Gasteiger partial charge in [-0.25, -0.2) is 0 Å². The molecule has 0 fully saturated rings. The third-order valence-corrected chi connectivity index (χ3v) is 1.07. The van der Waals surface area contributed by atoms with Gasteiger partial charge in [0.2, 0.25) is 0 Å². The van der Waals surface area contributed by atoms with Crippen LogP contribution in [-0.2, 0) is 0 Å². The lowest BCUT2D eigenvalue weighted by Crippen LogP contribution is -1.98. The van der Waals surface area contributed by atoms with Gasteiger partial charge in [-0.1, -0.05) is 24.8 Å². The Hall–Kier alpha value is -1.22. The molecule has 0 aromatic rings. The summed E-state index contributed by atoms with van der Waals surface area (Å²) in [5.41, 5.74) is 0. The second-order valence-corrected chi connectivity index (χ2v) is 2.05. The molecule has 12 heavy (non-hydrogen) atoms. The van der Waals surface area contributed by atoms with Crippen LogP contribution in [0.25, 0.3) is 0 Å². The van der Waals surface area contributed by atoms with Gasteiger partial charge in [-0.05, 0) is 24.3 Å². The Morgan fingerprint density at radius 1 is 1.42 bits per heavy atom. The number of hydrogen-bond acceptors (Lipinski definition) is 2. The molecule has 0 bridgehead atoms. The molecule has 0 amide bonds. The highest BCUT2D eigenvalue weighted by molar-refractivity contribution is 5.31. The maximum Gasteiger partial charge on any atom is 0.115 e. The molecule has 64 valence electrons. The molecule has 0 spiro atoms. The minimum atomic E-state index is -0.582. The smallest absolute Gasteiger partial charge is 0.115 e. The molecule has 0 heterocycles. The van der Waals surface area contributed by atoms with E-state index < -0.39 is 6.10 Å². The van der Waals surface area contributed by atoms with Crippen LogP contribution in [0, 0.1) is 23.7 Å². The van der Waals surface area contributed by atoms with E-state index in [1.165, 1.54) is 12.2 Å². The molecule has 2 heteroatoms. The number of hydrogen-bond donors (Lipinski definition) is 2. The van der Waals surface area contributed by atoms with Crippen molar-refractivity contribution < 1.29 is 10.2 Å². The maximum absolute atomic E-state index is 8.96. The van der Waals surface area contributed by atoms with Gasteiger partial charge >= 0.3 is 0 Å². The second-order valence-electron chi connectivity index (χ2n) is 2.05. The lowest BCUT2D eigenvalue weighted by atomic mass is 10.3. The molecule has 2 N–H and O–H groups in total. The van der Waals surface area contributed by atoms with E-state index in [1.807, 2.05) is 6.92 Å². The Labute approximate surface area is 72.9 Å². The van der Waals surface area contributed by atoms with Crippen molar-refractivity contribution in [2.24, 2.45) is 0 Å². The molecule has 0 aliphatic heterocycles. The van der Waals surface area contributed by atoms with Gasteiger partial charge in [-0.3, -0.25) is 0 Å². The Balaban J connectivity index is 3.81. The van der Waals surface area contributed by atoms with Crippen molar-refractivity contribution >= 4 is 0 Å². The van der Waals surface area contributed by atoms with Gasteiger partial charge in [0.05, 0.1) is 6.61 Å². The normalized spacial score (nSPS) is 11.2. The number of allylic oxidation sites excluding steroid dienone is 1. The molecule has 1 atom stereocenters. The van der Waals surface area contributed by atoms with Crippen LogP contribution in [0.2, 0.25) is 0 Å². The summed E-state index contributed by atoms with van der Waals surface area (Å²) in [5.74, 6) is 10.2. The Morgan fingerprint density at radius 2 is 2.17 bits per heavy atom. The summed E-state index contributed by atoms with van der Waals surface area (Å²) in [7, 11) is 0. The highest BCUT2D eigenvalue weighted by Gasteiger charge is 1.88. The molecule has 0 radical (unpaired) electrons. The van der Waals surface area contributed by atoms with Gasteiger partial charge in [0, 0.05) is 0 Å². The first kappa shape index (κ1) is 10.8. The summed E-state index contributed by atoms with van der Waals surface area (Å²) < 4.78 is 0. The van der Waals surface area contributed by atoms with Gasteiger partial charge in [-0.2, -0.15) is 0 Å². The first-order valence-corrected chi connectivity index (χ1v) is 3.76. The Bertz CT molecular complexity index is 244. The van der Waals surface area contributed by atoms with Crippen LogP contribution in [0.4, 0.5) is 0 Å². The quantitative estimate of drug-likeness (QED) is 0.577. The lowest BCUT2D eigenvalue weighted by molar-refractivity contribution is 0.228. The zero-order valence-corrected chi connectivity index (χ0v) is 7.04. The van der Waals surface area contributed by atoms with Crippen molar-refractivity contribution in [1.29, 1.82) is 0 Å². The summed E-state index contributed by atoms with van der Waals surface area (Å²) in [6, 6.07) is 0. The molecule has 0 rings (SSSR count). The number of rotatable bonds is 2. The Morgan fingerprint density at radius 3 is 2.75 bits per heavy atom. The van der Waals surface area contributed by atoms with Crippen LogP contribution in [0.3, 0.4) is 0 Å². The van der Waals surface area contributed by atoms with Crippen molar-refractivity contribution in [3.8, 4) is 23.7 Å². The van der Waals surface area contributed by atoms with Crippen LogP contribution >= 0.6 is 0 Å². The molecule has 0 aromatic heterocycles. The highest BCUT2D eigenvalue weighted by Crippen LogP contribution is 1.83. The zero-order valence-electron chi connectivity index (χ0n) is 7.04. The number of aliphatic hydroxyl groups is 2. The van der Waals surface area contributed by atoms with Gasteiger partial charge < -0.3 is 10.2 Å². The molecule has 0 aliphatic rings. The maximum atomic E-state index is 8.96. The fraction of sp³-hybridized carbons (Fsp3) is 0.400. The van der Waals surface area contributed by atoms with Crippen LogP contribution in [0.5, 0.6) is 0 Å². The van der Waals surface area contributed by atoms with Gasteiger partial charge in [-0.15, -0.1) is 0 Å². The van der Waals surface area contributed by atoms with Crippen molar-refractivity contribution in [3.05, 3.63) is 12.2 Å². The summed E-state index contributed by atoms with van der Waals surface area (Å²) in [6.07, 6.45) is 3.07. The topological polar surface area (TPSA) is 40.5 Å². The molecular weight excluding hydrogens is 152 g/mol. The van der Waals surface area contributed by atoms with E-state index in [-0.39, 0.29) is 6.61 Å². The van der Waals surface area contributed by atoms with Crippen LogP contribution in [-0.4, -0.2) is 22.9 Å². The van der Waals surface area contributed by atoms with Crippen LogP contribution < -0.4 is 0 Å². The highest BCUT2D eigenvalue weighted by atomic mass is 16.3. The molecule has 0 saturated heterocycles. The number of aliphatic hydroxyl groups excluding tert-OH is 2. The summed E-state index contributed by atoms with van der Waals surface area (Å²) in [5, 5.41) is 17.3. The van der Waals surface area contributed by atoms with E-state index in [9.17, 15) is 0 Å². The zero-order chi connectivity index (χ0) is 9.23. The monoisotopic (exact) mass is 164 g/mol. The minimum absolute atomic E-state index is 0.0142. The molecule has 2 nitrogen and oxygen atoms in total. The van der Waals surface area contributed by atoms with E-state index in [2.05, 4.69) is 23.7 Å². The minimum Gasteiger partial charge on any atom is -0.392 e. The fourth-order valence-corrected chi connectivity index (χ4v) is 0.411. The lowest BCUT2D eigenvalue weighted by Gasteiger charge is -1.91. The van der Waals surface area contributed by atoms with E-state index in [0.717, 1.165) is 0 Å². The molecular formula is C10H12O2. The SMILES string of the molecule is CC[C@@H](O)C#CC#C/C=C/CO.